The van der Waals surface area contributed by atoms with Crippen LogP contribution >= 0.6 is 0 Å². The first kappa shape index (κ1) is 16.4. The lowest BCUT2D eigenvalue weighted by atomic mass is 10.2. The van der Waals surface area contributed by atoms with E-state index < -0.39 is 16.1 Å². The summed E-state index contributed by atoms with van der Waals surface area (Å²) in [6.07, 6.45) is 1.28. The van der Waals surface area contributed by atoms with Crippen LogP contribution < -0.4 is 0 Å². The molecule has 2 aliphatic heterocycles. The molecule has 2 atom stereocenters. The molecule has 2 fully saturated rings. The molecular weight excluding hydrogens is 316 g/mol. The van der Waals surface area contributed by atoms with E-state index >= 15 is 0 Å². The lowest BCUT2D eigenvalue weighted by Gasteiger charge is -2.34. The topological polar surface area (TPSA) is 66.9 Å². The van der Waals surface area contributed by atoms with Crippen molar-refractivity contribution in [3.05, 3.63) is 30.3 Å². The van der Waals surface area contributed by atoms with Gasteiger partial charge in [0.1, 0.15) is 6.04 Å². The Kier molecular flexibility index (Phi) is 4.70. The monoisotopic (exact) mass is 338 g/mol. The van der Waals surface area contributed by atoms with Crippen molar-refractivity contribution in [2.24, 2.45) is 0 Å². The van der Waals surface area contributed by atoms with Crippen molar-refractivity contribution >= 4 is 15.9 Å². The fourth-order valence-corrected chi connectivity index (χ4v) is 4.90. The molecule has 0 bridgehead atoms. The zero-order valence-electron chi connectivity index (χ0n) is 13.2. The van der Waals surface area contributed by atoms with Crippen molar-refractivity contribution in [1.82, 2.24) is 9.21 Å². The minimum absolute atomic E-state index is 0.00622. The quantitative estimate of drug-likeness (QED) is 0.827. The van der Waals surface area contributed by atoms with Gasteiger partial charge in [0.05, 0.1) is 17.6 Å². The van der Waals surface area contributed by atoms with Gasteiger partial charge in [0.15, 0.2) is 0 Å². The van der Waals surface area contributed by atoms with Crippen LogP contribution in [0, 0.1) is 0 Å². The second-order valence-corrected chi connectivity index (χ2v) is 7.94. The third-order valence-corrected chi connectivity index (χ3v) is 6.31. The van der Waals surface area contributed by atoms with Crippen LogP contribution in [0.25, 0.3) is 0 Å². The van der Waals surface area contributed by atoms with Crippen molar-refractivity contribution in [2.45, 2.75) is 36.8 Å². The fourth-order valence-electron chi connectivity index (χ4n) is 3.23. The summed E-state index contributed by atoms with van der Waals surface area (Å²) >= 11 is 0. The molecule has 0 aliphatic carbocycles. The van der Waals surface area contributed by atoms with Crippen molar-refractivity contribution in [3.63, 3.8) is 0 Å². The molecular formula is C16H22N2O4S. The third-order valence-electron chi connectivity index (χ3n) is 4.39. The van der Waals surface area contributed by atoms with E-state index in [2.05, 4.69) is 0 Å². The maximum Gasteiger partial charge on any atom is 0.243 e. The SMILES string of the molecule is CC1CN(C(=O)C2CCCN2S(=O)(=O)c2ccccc2)CCO1. The fraction of sp³-hybridized carbons (Fsp3) is 0.562. The lowest BCUT2D eigenvalue weighted by molar-refractivity contribution is -0.141. The van der Waals surface area contributed by atoms with Crippen LogP contribution in [0.3, 0.4) is 0 Å². The van der Waals surface area contributed by atoms with Gasteiger partial charge in [-0.2, -0.15) is 4.31 Å². The number of carbonyl (C=O) groups excluding carboxylic acids is 1. The maximum absolute atomic E-state index is 12.8. The number of hydrogen-bond donors (Lipinski definition) is 0. The van der Waals surface area contributed by atoms with Gasteiger partial charge in [0.25, 0.3) is 0 Å². The number of hydrogen-bond acceptors (Lipinski definition) is 4. The van der Waals surface area contributed by atoms with Crippen molar-refractivity contribution < 1.29 is 17.9 Å². The highest BCUT2D eigenvalue weighted by Gasteiger charge is 2.41. The predicted octanol–water partition coefficient (Wildman–Crippen LogP) is 1.09. The molecule has 6 nitrogen and oxygen atoms in total. The first-order valence-corrected chi connectivity index (χ1v) is 9.41. The number of sulfonamides is 1. The molecule has 1 aromatic rings. The van der Waals surface area contributed by atoms with E-state index in [1.165, 1.54) is 4.31 Å². The van der Waals surface area contributed by atoms with Crippen LogP contribution in [-0.4, -0.2) is 61.9 Å². The molecule has 1 aromatic carbocycles. The van der Waals surface area contributed by atoms with Gasteiger partial charge < -0.3 is 9.64 Å². The van der Waals surface area contributed by atoms with E-state index in [1.807, 2.05) is 6.92 Å². The van der Waals surface area contributed by atoms with Gasteiger partial charge in [-0.1, -0.05) is 18.2 Å². The predicted molar refractivity (Wildman–Crippen MR) is 85.3 cm³/mol. The highest BCUT2D eigenvalue weighted by atomic mass is 32.2. The van der Waals surface area contributed by atoms with Gasteiger partial charge in [-0.3, -0.25) is 4.79 Å². The second-order valence-electron chi connectivity index (χ2n) is 6.05. The normalized spacial score (nSPS) is 26.4. The average Bonchev–Trinajstić information content (AvgIpc) is 3.05. The molecule has 23 heavy (non-hydrogen) atoms. The molecule has 2 unspecified atom stereocenters. The molecule has 2 aliphatic rings. The molecule has 0 aromatic heterocycles. The van der Waals surface area contributed by atoms with Gasteiger partial charge in [0.2, 0.25) is 15.9 Å². The van der Waals surface area contributed by atoms with Crippen LogP contribution in [0.1, 0.15) is 19.8 Å². The third kappa shape index (κ3) is 3.27. The van der Waals surface area contributed by atoms with Crippen molar-refractivity contribution in [2.75, 3.05) is 26.2 Å². The summed E-state index contributed by atoms with van der Waals surface area (Å²) in [5.74, 6) is -0.0999. The molecule has 126 valence electrons. The van der Waals surface area contributed by atoms with Crippen LogP contribution in [0.15, 0.2) is 35.2 Å². The zero-order valence-corrected chi connectivity index (χ0v) is 14.0. The number of benzene rings is 1. The number of amides is 1. The summed E-state index contributed by atoms with van der Waals surface area (Å²) in [6.45, 7) is 3.87. The number of ether oxygens (including phenoxy) is 1. The summed E-state index contributed by atoms with van der Waals surface area (Å²) < 4.78 is 32.5. The number of carbonyl (C=O) groups is 1. The largest absolute Gasteiger partial charge is 0.375 e. The molecule has 1 amide bonds. The Morgan fingerprint density at radius 2 is 1.96 bits per heavy atom. The summed E-state index contributed by atoms with van der Waals surface area (Å²) in [4.78, 5) is 14.8. The number of rotatable bonds is 3. The van der Waals surface area contributed by atoms with Crippen LogP contribution in [-0.2, 0) is 19.6 Å². The van der Waals surface area contributed by atoms with Crippen LogP contribution in [0.5, 0.6) is 0 Å². The molecule has 3 rings (SSSR count). The Labute approximate surface area is 137 Å². The summed E-state index contributed by atoms with van der Waals surface area (Å²) in [5.41, 5.74) is 0. The Morgan fingerprint density at radius 1 is 1.22 bits per heavy atom. The van der Waals surface area contributed by atoms with Gasteiger partial charge in [-0.05, 0) is 31.9 Å². The second kappa shape index (κ2) is 6.59. The van der Waals surface area contributed by atoms with E-state index in [9.17, 15) is 13.2 Å². The first-order chi connectivity index (χ1) is 11.0. The Bertz CT molecular complexity index is 662. The summed E-state index contributed by atoms with van der Waals surface area (Å²) in [5, 5.41) is 0. The van der Waals surface area contributed by atoms with Gasteiger partial charge >= 0.3 is 0 Å². The summed E-state index contributed by atoms with van der Waals surface area (Å²) in [6, 6.07) is 7.73. The van der Waals surface area contributed by atoms with E-state index in [0.717, 1.165) is 0 Å². The Hall–Kier alpha value is -1.44. The molecule has 2 heterocycles. The van der Waals surface area contributed by atoms with Gasteiger partial charge in [0, 0.05) is 19.6 Å². The van der Waals surface area contributed by atoms with Gasteiger partial charge in [-0.25, -0.2) is 8.42 Å². The van der Waals surface area contributed by atoms with Crippen LogP contribution in [0.2, 0.25) is 0 Å². The lowest BCUT2D eigenvalue weighted by Crippen LogP contribution is -2.52. The van der Waals surface area contributed by atoms with E-state index in [4.69, 9.17) is 4.74 Å². The standard InChI is InChI=1S/C16H22N2O4S/c1-13-12-17(10-11-22-13)16(19)15-8-5-9-18(15)23(20,21)14-6-3-2-4-7-14/h2-4,6-7,13,15H,5,8-12H2,1H3. The highest BCUT2D eigenvalue weighted by Crippen LogP contribution is 2.27. The highest BCUT2D eigenvalue weighted by molar-refractivity contribution is 7.89. The smallest absolute Gasteiger partial charge is 0.243 e. The maximum atomic E-state index is 12.8. The Morgan fingerprint density at radius 3 is 2.65 bits per heavy atom. The minimum atomic E-state index is -3.63. The molecule has 2 saturated heterocycles. The molecule has 7 heteroatoms. The van der Waals surface area contributed by atoms with Crippen LogP contribution in [0.4, 0.5) is 0 Å². The van der Waals surface area contributed by atoms with Gasteiger partial charge in [-0.15, -0.1) is 0 Å². The number of nitrogens with zero attached hydrogens (tertiary/aromatic N) is 2. The molecule has 0 N–H and O–H groups in total. The zero-order chi connectivity index (χ0) is 16.4. The first-order valence-electron chi connectivity index (χ1n) is 7.97. The van der Waals surface area contributed by atoms with E-state index in [1.54, 1.807) is 35.2 Å². The Balaban J connectivity index is 1.81. The molecule has 0 radical (unpaired) electrons. The van der Waals surface area contributed by atoms with E-state index in [0.29, 0.717) is 39.1 Å². The molecule has 0 saturated carbocycles. The van der Waals surface area contributed by atoms with Crippen molar-refractivity contribution in [3.8, 4) is 0 Å². The number of morpholine rings is 1. The van der Waals surface area contributed by atoms with E-state index in [-0.39, 0.29) is 16.9 Å². The molecule has 0 spiro atoms. The van der Waals surface area contributed by atoms with Crippen molar-refractivity contribution in [1.29, 1.82) is 0 Å². The average molecular weight is 338 g/mol. The minimum Gasteiger partial charge on any atom is -0.375 e. The summed E-state index contributed by atoms with van der Waals surface area (Å²) in [7, 11) is -3.63.